The first-order valence-electron chi connectivity index (χ1n) is 10.1. The van der Waals surface area contributed by atoms with Crippen molar-refractivity contribution in [3.63, 3.8) is 0 Å². The van der Waals surface area contributed by atoms with Crippen molar-refractivity contribution in [1.29, 1.82) is 0 Å². The van der Waals surface area contributed by atoms with Gasteiger partial charge < -0.3 is 5.32 Å². The van der Waals surface area contributed by atoms with Crippen LogP contribution in [-0.4, -0.2) is 51.9 Å². The van der Waals surface area contributed by atoms with E-state index in [0.717, 1.165) is 17.1 Å². The number of sulfone groups is 1. The van der Waals surface area contributed by atoms with Crippen molar-refractivity contribution in [3.8, 4) is 5.69 Å². The summed E-state index contributed by atoms with van der Waals surface area (Å²) < 4.78 is 25.5. The molecule has 4 rings (SSSR count). The van der Waals surface area contributed by atoms with Crippen LogP contribution in [0.3, 0.4) is 0 Å². The van der Waals surface area contributed by atoms with Crippen LogP contribution in [-0.2, 0) is 21.1 Å². The lowest BCUT2D eigenvalue weighted by atomic mass is 10.0. The van der Waals surface area contributed by atoms with E-state index in [1.807, 2.05) is 47.0 Å². The van der Waals surface area contributed by atoms with Gasteiger partial charge in [-0.2, -0.15) is 0 Å². The first kappa shape index (κ1) is 22.8. The first-order chi connectivity index (χ1) is 15.2. The Labute approximate surface area is 196 Å². The number of hydrogen-bond acceptors (Lipinski definition) is 6. The van der Waals surface area contributed by atoms with Crippen LogP contribution in [0.4, 0.5) is 0 Å². The summed E-state index contributed by atoms with van der Waals surface area (Å²) in [5.41, 5.74) is 1.22. The molecule has 10 heteroatoms. The number of carbonyl (C=O) groups excluding carboxylic acids is 1. The van der Waals surface area contributed by atoms with E-state index >= 15 is 0 Å². The Morgan fingerprint density at radius 3 is 2.53 bits per heavy atom. The molecule has 0 saturated carbocycles. The van der Waals surface area contributed by atoms with E-state index in [-0.39, 0.29) is 23.2 Å². The molecule has 0 radical (unpaired) electrons. The molecule has 0 bridgehead atoms. The summed E-state index contributed by atoms with van der Waals surface area (Å²) in [4.78, 5) is 12.6. The largest absolute Gasteiger partial charge is 0.349 e. The quantitative estimate of drug-likeness (QED) is 0.511. The summed E-state index contributed by atoms with van der Waals surface area (Å²) >= 11 is 7.32. The minimum atomic E-state index is -3.10. The number of nitrogens with zero attached hydrogens (tertiary/aromatic N) is 3. The van der Waals surface area contributed by atoms with Crippen molar-refractivity contribution in [2.24, 2.45) is 0 Å². The van der Waals surface area contributed by atoms with Gasteiger partial charge in [0.15, 0.2) is 15.0 Å². The van der Waals surface area contributed by atoms with E-state index in [0.29, 0.717) is 23.0 Å². The Hall–Kier alpha value is -2.36. The standard InChI is InChI=1S/C22H23ClN4O3S2/c1-22(11-12-32(29,30)15-22)24-20(28)14-31-21-26-25-19(13-16-5-3-2-4-6-16)27(21)18-9-7-17(23)8-10-18/h2-10H,11-15H2,1H3,(H,24,28). The molecule has 0 aliphatic carbocycles. The molecule has 1 N–H and O–H groups in total. The number of hydrogen-bond donors (Lipinski definition) is 1. The average molecular weight is 491 g/mol. The lowest BCUT2D eigenvalue weighted by Gasteiger charge is -2.23. The normalized spacial score (nSPS) is 19.7. The van der Waals surface area contributed by atoms with Gasteiger partial charge in [0, 0.05) is 17.1 Å². The SMILES string of the molecule is CC1(NC(=O)CSc2nnc(Cc3ccccc3)n2-c2ccc(Cl)cc2)CCS(=O)(=O)C1. The van der Waals surface area contributed by atoms with Gasteiger partial charge in [-0.15, -0.1) is 10.2 Å². The Kier molecular flexibility index (Phi) is 6.60. The summed E-state index contributed by atoms with van der Waals surface area (Å²) in [7, 11) is -3.10. The lowest BCUT2D eigenvalue weighted by molar-refractivity contribution is -0.120. The Morgan fingerprint density at radius 1 is 1.16 bits per heavy atom. The van der Waals surface area contributed by atoms with Crippen molar-refractivity contribution in [2.75, 3.05) is 17.3 Å². The van der Waals surface area contributed by atoms with Gasteiger partial charge in [-0.3, -0.25) is 9.36 Å². The van der Waals surface area contributed by atoms with E-state index < -0.39 is 15.4 Å². The van der Waals surface area contributed by atoms with Gasteiger partial charge in [0.05, 0.1) is 22.8 Å². The van der Waals surface area contributed by atoms with E-state index in [1.54, 1.807) is 19.1 Å². The molecule has 3 aromatic rings. The molecular weight excluding hydrogens is 468 g/mol. The van der Waals surface area contributed by atoms with Gasteiger partial charge in [-0.25, -0.2) is 8.42 Å². The number of carbonyl (C=O) groups is 1. The van der Waals surface area contributed by atoms with Crippen molar-refractivity contribution in [2.45, 2.75) is 30.5 Å². The van der Waals surface area contributed by atoms with Crippen LogP contribution < -0.4 is 5.32 Å². The molecule has 1 saturated heterocycles. The van der Waals surface area contributed by atoms with Crippen molar-refractivity contribution in [1.82, 2.24) is 20.1 Å². The highest BCUT2D eigenvalue weighted by atomic mass is 35.5. The highest BCUT2D eigenvalue weighted by Gasteiger charge is 2.39. The summed E-state index contributed by atoms with van der Waals surface area (Å²) in [5.74, 6) is 0.691. The molecule has 1 amide bonds. The second-order valence-corrected chi connectivity index (χ2v) is 11.7. The maximum absolute atomic E-state index is 12.6. The van der Waals surface area contributed by atoms with Crippen molar-refractivity contribution in [3.05, 3.63) is 71.0 Å². The van der Waals surface area contributed by atoms with E-state index in [9.17, 15) is 13.2 Å². The van der Waals surface area contributed by atoms with E-state index in [1.165, 1.54) is 11.8 Å². The fraction of sp³-hybridized carbons (Fsp3) is 0.318. The molecule has 1 unspecified atom stereocenters. The highest BCUT2D eigenvalue weighted by molar-refractivity contribution is 7.99. The zero-order valence-corrected chi connectivity index (χ0v) is 19.9. The molecule has 1 fully saturated rings. The van der Waals surface area contributed by atoms with Gasteiger partial charge in [0.25, 0.3) is 0 Å². The highest BCUT2D eigenvalue weighted by Crippen LogP contribution is 2.26. The fourth-order valence-corrected chi connectivity index (χ4v) is 6.74. The minimum Gasteiger partial charge on any atom is -0.349 e. The number of rotatable bonds is 7. The molecule has 168 valence electrons. The van der Waals surface area contributed by atoms with Crippen LogP contribution in [0.2, 0.25) is 5.02 Å². The number of amides is 1. The van der Waals surface area contributed by atoms with Crippen LogP contribution in [0.5, 0.6) is 0 Å². The predicted octanol–water partition coefficient (Wildman–Crippen LogP) is 3.30. The first-order valence-corrected chi connectivity index (χ1v) is 13.3. The molecule has 0 spiro atoms. The van der Waals surface area contributed by atoms with Gasteiger partial charge in [-0.1, -0.05) is 53.7 Å². The number of benzene rings is 2. The fourth-order valence-electron chi connectivity index (χ4n) is 3.75. The molecular formula is C22H23ClN4O3S2. The zero-order chi connectivity index (χ0) is 22.8. The van der Waals surface area contributed by atoms with Gasteiger partial charge in [0.1, 0.15) is 5.82 Å². The molecule has 1 aliphatic heterocycles. The summed E-state index contributed by atoms with van der Waals surface area (Å²) in [5, 5.41) is 12.8. The van der Waals surface area contributed by atoms with Crippen LogP contribution >= 0.6 is 23.4 Å². The maximum atomic E-state index is 12.6. The number of aromatic nitrogens is 3. The summed E-state index contributed by atoms with van der Waals surface area (Å²) in [6.07, 6.45) is 1.01. The van der Waals surface area contributed by atoms with Crippen LogP contribution in [0.15, 0.2) is 59.8 Å². The third-order valence-electron chi connectivity index (χ3n) is 5.27. The number of halogens is 1. The zero-order valence-electron chi connectivity index (χ0n) is 17.5. The third-order valence-corrected chi connectivity index (χ3v) is 8.35. The second-order valence-electron chi connectivity index (χ2n) is 8.11. The number of nitrogens with one attached hydrogen (secondary N) is 1. The van der Waals surface area contributed by atoms with Crippen LogP contribution in [0.1, 0.15) is 24.7 Å². The molecule has 32 heavy (non-hydrogen) atoms. The van der Waals surface area contributed by atoms with Crippen LogP contribution in [0, 0.1) is 0 Å². The van der Waals surface area contributed by atoms with Gasteiger partial charge >= 0.3 is 0 Å². The summed E-state index contributed by atoms with van der Waals surface area (Å²) in [6.45, 7) is 1.77. The second kappa shape index (κ2) is 9.25. The smallest absolute Gasteiger partial charge is 0.230 e. The Morgan fingerprint density at radius 2 is 1.88 bits per heavy atom. The Balaban J connectivity index is 1.53. The monoisotopic (exact) mass is 490 g/mol. The van der Waals surface area contributed by atoms with Crippen molar-refractivity contribution >= 4 is 39.1 Å². The van der Waals surface area contributed by atoms with Gasteiger partial charge in [-0.05, 0) is 43.2 Å². The molecule has 2 heterocycles. The predicted molar refractivity (Wildman–Crippen MR) is 126 cm³/mol. The van der Waals surface area contributed by atoms with E-state index in [2.05, 4.69) is 15.5 Å². The molecule has 2 aromatic carbocycles. The summed E-state index contributed by atoms with van der Waals surface area (Å²) in [6, 6.07) is 17.3. The molecule has 1 aromatic heterocycles. The van der Waals surface area contributed by atoms with E-state index in [4.69, 9.17) is 11.6 Å². The van der Waals surface area contributed by atoms with Crippen LogP contribution in [0.25, 0.3) is 5.69 Å². The maximum Gasteiger partial charge on any atom is 0.230 e. The molecule has 7 nitrogen and oxygen atoms in total. The minimum absolute atomic E-state index is 0.0292. The third kappa shape index (κ3) is 5.51. The topological polar surface area (TPSA) is 93.9 Å². The molecule has 1 atom stereocenters. The number of thioether (sulfide) groups is 1. The van der Waals surface area contributed by atoms with Crippen molar-refractivity contribution < 1.29 is 13.2 Å². The average Bonchev–Trinajstić information content (AvgIpc) is 3.27. The molecule has 1 aliphatic rings. The Bertz CT molecular complexity index is 1210. The van der Waals surface area contributed by atoms with Gasteiger partial charge in [0.2, 0.25) is 5.91 Å². The lowest BCUT2D eigenvalue weighted by Crippen LogP contribution is -2.47.